The van der Waals surface area contributed by atoms with Gasteiger partial charge in [0.1, 0.15) is 0 Å². The fourth-order valence-corrected chi connectivity index (χ4v) is 4.87. The number of hydrogen-bond donors (Lipinski definition) is 4. The topological polar surface area (TPSA) is 143 Å². The van der Waals surface area contributed by atoms with Gasteiger partial charge in [-0.05, 0) is 23.3 Å². The van der Waals surface area contributed by atoms with Crippen molar-refractivity contribution in [2.75, 3.05) is 0 Å². The zero-order chi connectivity index (χ0) is 26.6. The van der Waals surface area contributed by atoms with Crippen LogP contribution < -0.4 is 10.5 Å². The molecular formula is C24H18Cl4N4O4. The highest BCUT2D eigenvalue weighted by atomic mass is 35.5. The van der Waals surface area contributed by atoms with E-state index < -0.39 is 32.0 Å². The van der Waals surface area contributed by atoms with E-state index in [-0.39, 0.29) is 33.6 Å². The molecule has 6 atom stereocenters. The summed E-state index contributed by atoms with van der Waals surface area (Å²) in [6.45, 7) is 0. The number of rotatable bonds is 8. The van der Waals surface area contributed by atoms with Crippen molar-refractivity contribution >= 4 is 57.8 Å². The van der Waals surface area contributed by atoms with Crippen LogP contribution in [0.3, 0.4) is 0 Å². The van der Waals surface area contributed by atoms with Crippen LogP contribution in [0.1, 0.15) is 54.9 Å². The second-order valence-electron chi connectivity index (χ2n) is 7.72. The Balaban J connectivity index is 1.92. The second kappa shape index (κ2) is 12.2. The zero-order valence-electron chi connectivity index (χ0n) is 18.2. The number of alkyl halides is 4. The number of nitrogens with one attached hydrogen (secondary N) is 2. The summed E-state index contributed by atoms with van der Waals surface area (Å²) in [4.78, 5) is 0. The Labute approximate surface area is 226 Å². The van der Waals surface area contributed by atoms with E-state index in [0.717, 1.165) is 0 Å². The molecule has 0 amide bonds. The molecule has 0 radical (unpaired) electrons. The van der Waals surface area contributed by atoms with Crippen molar-refractivity contribution in [1.82, 2.24) is 0 Å². The van der Waals surface area contributed by atoms with Gasteiger partial charge in [-0.2, -0.15) is 21.0 Å². The Hall–Kier alpha value is -2.44. The number of quaternary nitrogens is 2. The van der Waals surface area contributed by atoms with Gasteiger partial charge >= 0.3 is 0 Å². The van der Waals surface area contributed by atoms with Crippen molar-refractivity contribution in [2.24, 2.45) is 0 Å². The SMILES string of the molecule is N#Cc1ccc(C(Cl)C(Cl)c2cccc(C(Cl)C(Cl)c3ccc(C#N)cc3[NH+]([O-])O)c2)c([NH+]([O-])O)c1. The molecule has 0 bridgehead atoms. The van der Waals surface area contributed by atoms with E-state index in [2.05, 4.69) is 0 Å². The Morgan fingerprint density at radius 1 is 0.639 bits per heavy atom. The maximum absolute atomic E-state index is 11.7. The van der Waals surface area contributed by atoms with Crippen LogP contribution in [0.4, 0.5) is 11.4 Å². The molecule has 0 aliphatic rings. The summed E-state index contributed by atoms with van der Waals surface area (Å²) in [5.74, 6) is 0. The van der Waals surface area contributed by atoms with Crippen LogP contribution in [0.5, 0.6) is 0 Å². The lowest BCUT2D eigenvalue weighted by molar-refractivity contribution is -0.991. The molecule has 36 heavy (non-hydrogen) atoms. The largest absolute Gasteiger partial charge is 0.595 e. The van der Waals surface area contributed by atoms with E-state index in [4.69, 9.17) is 56.9 Å². The molecular weight excluding hydrogens is 550 g/mol. The van der Waals surface area contributed by atoms with E-state index in [1.807, 2.05) is 12.1 Å². The minimum absolute atomic E-state index is 0.131. The molecule has 3 aromatic carbocycles. The van der Waals surface area contributed by atoms with Gasteiger partial charge in [-0.25, -0.2) is 10.4 Å². The van der Waals surface area contributed by atoms with Gasteiger partial charge in [0.05, 0.1) is 44.8 Å². The van der Waals surface area contributed by atoms with Gasteiger partial charge in [0, 0.05) is 23.3 Å². The first-order valence-electron chi connectivity index (χ1n) is 10.3. The zero-order valence-corrected chi connectivity index (χ0v) is 21.2. The van der Waals surface area contributed by atoms with E-state index >= 15 is 0 Å². The monoisotopic (exact) mass is 566 g/mol. The molecule has 3 aromatic rings. The predicted octanol–water partition coefficient (Wildman–Crippen LogP) is 4.76. The number of halogens is 4. The molecule has 4 N–H and O–H groups in total. The molecule has 6 unspecified atom stereocenters. The van der Waals surface area contributed by atoms with Crippen LogP contribution in [0.2, 0.25) is 0 Å². The molecule has 0 spiro atoms. The van der Waals surface area contributed by atoms with Crippen LogP contribution in [-0.4, -0.2) is 10.4 Å². The number of nitriles is 2. The Bertz CT molecular complexity index is 1230. The third-order valence-corrected chi connectivity index (χ3v) is 7.72. The summed E-state index contributed by atoms with van der Waals surface area (Å²) in [5, 5.41) is 54.6. The lowest BCUT2D eigenvalue weighted by Crippen LogP contribution is -2.99. The van der Waals surface area contributed by atoms with Crippen molar-refractivity contribution in [3.63, 3.8) is 0 Å². The predicted molar refractivity (Wildman–Crippen MR) is 135 cm³/mol. The minimum Gasteiger partial charge on any atom is -0.595 e. The van der Waals surface area contributed by atoms with E-state index in [1.54, 1.807) is 24.3 Å². The third kappa shape index (κ3) is 6.09. The van der Waals surface area contributed by atoms with Crippen LogP contribution in [0.15, 0.2) is 60.7 Å². The highest BCUT2D eigenvalue weighted by Crippen LogP contribution is 2.45. The van der Waals surface area contributed by atoms with Crippen molar-refractivity contribution in [1.29, 1.82) is 10.5 Å². The second-order valence-corrected chi connectivity index (χ2v) is 9.60. The van der Waals surface area contributed by atoms with Crippen molar-refractivity contribution in [3.05, 3.63) is 104 Å². The smallest absolute Gasteiger partial charge is 0.169 e. The quantitative estimate of drug-likeness (QED) is 0.228. The van der Waals surface area contributed by atoms with Crippen molar-refractivity contribution in [3.8, 4) is 12.1 Å². The standard InChI is InChI=1S/C24H18Cl4N4O4/c25-21(23(27)17-6-4-13(11-29)8-19(17)31(33)34)15-2-1-3-16(10-15)22(26)24(28)18-7-5-14(12-30)9-20(18)32(35)36/h1-10,21-24,31-33,35H. The highest BCUT2D eigenvalue weighted by molar-refractivity contribution is 6.31. The fourth-order valence-electron chi connectivity index (χ4n) is 3.66. The lowest BCUT2D eigenvalue weighted by atomic mass is 9.96. The molecule has 0 heterocycles. The maximum Gasteiger partial charge on any atom is 0.169 e. The first kappa shape index (κ1) is 28.1. The van der Waals surface area contributed by atoms with Gasteiger partial charge in [0.15, 0.2) is 11.4 Å². The third-order valence-electron chi connectivity index (χ3n) is 5.48. The summed E-state index contributed by atoms with van der Waals surface area (Å²) in [6, 6.07) is 18.8. The number of nitrogens with zero attached hydrogens (tertiary/aromatic N) is 2. The van der Waals surface area contributed by atoms with Gasteiger partial charge < -0.3 is 10.4 Å². The Morgan fingerprint density at radius 2 is 1.03 bits per heavy atom. The molecule has 186 valence electrons. The molecule has 0 aliphatic heterocycles. The van der Waals surface area contributed by atoms with Crippen LogP contribution >= 0.6 is 46.4 Å². The maximum atomic E-state index is 11.7. The molecule has 0 aliphatic carbocycles. The normalized spacial score (nSPS) is 16.2. The molecule has 3 rings (SSSR count). The average Bonchev–Trinajstić information content (AvgIpc) is 2.90. The van der Waals surface area contributed by atoms with Crippen molar-refractivity contribution in [2.45, 2.75) is 21.5 Å². The highest BCUT2D eigenvalue weighted by Gasteiger charge is 2.29. The van der Waals surface area contributed by atoms with Gasteiger partial charge in [0.25, 0.3) is 0 Å². The summed E-state index contributed by atoms with van der Waals surface area (Å²) in [6.07, 6.45) is 0. The summed E-state index contributed by atoms with van der Waals surface area (Å²) < 4.78 is 0. The molecule has 8 nitrogen and oxygen atoms in total. The van der Waals surface area contributed by atoms with Gasteiger partial charge in [-0.3, -0.25) is 0 Å². The Morgan fingerprint density at radius 3 is 1.36 bits per heavy atom. The van der Waals surface area contributed by atoms with E-state index in [9.17, 15) is 20.8 Å². The van der Waals surface area contributed by atoms with Gasteiger partial charge in [-0.15, -0.1) is 46.4 Å². The molecule has 12 heteroatoms. The van der Waals surface area contributed by atoms with Gasteiger partial charge in [0.2, 0.25) is 0 Å². The first-order chi connectivity index (χ1) is 17.1. The summed E-state index contributed by atoms with van der Waals surface area (Å²) >= 11 is 26.4. The molecule has 0 saturated heterocycles. The lowest BCUT2D eigenvalue weighted by Gasteiger charge is -2.24. The van der Waals surface area contributed by atoms with E-state index in [1.165, 1.54) is 36.4 Å². The van der Waals surface area contributed by atoms with Crippen LogP contribution in [-0.2, 0) is 0 Å². The molecule has 0 aromatic heterocycles. The average molecular weight is 568 g/mol. The van der Waals surface area contributed by atoms with Crippen LogP contribution in [0, 0.1) is 33.1 Å². The summed E-state index contributed by atoms with van der Waals surface area (Å²) in [7, 11) is 0. The molecule has 0 saturated carbocycles. The van der Waals surface area contributed by atoms with E-state index in [0.29, 0.717) is 11.1 Å². The first-order valence-corrected chi connectivity index (χ1v) is 12.0. The minimum atomic E-state index is -1.24. The molecule has 0 fully saturated rings. The van der Waals surface area contributed by atoms with Crippen molar-refractivity contribution < 1.29 is 20.9 Å². The Kier molecular flexibility index (Phi) is 9.53. The fraction of sp³-hybridized carbons (Fsp3) is 0.167. The summed E-state index contributed by atoms with van der Waals surface area (Å²) in [5.41, 5.74) is 1.64. The number of hydrogen-bond acceptors (Lipinski definition) is 6. The number of benzene rings is 3. The van der Waals surface area contributed by atoms with Gasteiger partial charge in [-0.1, -0.05) is 36.4 Å². The van der Waals surface area contributed by atoms with Crippen LogP contribution in [0.25, 0.3) is 0 Å².